The first-order valence-corrected chi connectivity index (χ1v) is 10.2. The lowest BCUT2D eigenvalue weighted by atomic mass is 9.97. The lowest BCUT2D eigenvalue weighted by Crippen LogP contribution is -2.33. The van der Waals surface area contributed by atoms with Gasteiger partial charge in [0.2, 0.25) is 5.91 Å². The standard InChI is InChI=1S/C22H18Cl2F2N2O/c1-12-15-3-2-4-16(15)21(25)22(26)17(12)11-28(20(29)10-23)19-8-5-13-9-14(24)6-7-18(13)27-19/h5-9H,2-4,10-11H2,1H3. The van der Waals surface area contributed by atoms with Crippen molar-refractivity contribution in [2.24, 2.45) is 0 Å². The van der Waals surface area contributed by atoms with E-state index in [0.29, 0.717) is 40.3 Å². The van der Waals surface area contributed by atoms with Crippen LogP contribution in [0.25, 0.3) is 10.9 Å². The monoisotopic (exact) mass is 434 g/mol. The van der Waals surface area contributed by atoms with Gasteiger partial charge in [0.15, 0.2) is 11.6 Å². The lowest BCUT2D eigenvalue weighted by molar-refractivity contribution is -0.116. The summed E-state index contributed by atoms with van der Waals surface area (Å²) in [6.45, 7) is 1.64. The fourth-order valence-electron chi connectivity index (χ4n) is 3.96. The van der Waals surface area contributed by atoms with E-state index in [1.54, 1.807) is 37.3 Å². The van der Waals surface area contributed by atoms with Gasteiger partial charge in [0.1, 0.15) is 11.7 Å². The summed E-state index contributed by atoms with van der Waals surface area (Å²) in [5, 5.41) is 1.39. The van der Waals surface area contributed by atoms with E-state index in [-0.39, 0.29) is 18.0 Å². The average molecular weight is 435 g/mol. The Balaban J connectivity index is 1.79. The predicted octanol–water partition coefficient (Wildman–Crippen LogP) is 5.74. The molecule has 3 aromatic rings. The van der Waals surface area contributed by atoms with Gasteiger partial charge in [-0.3, -0.25) is 9.69 Å². The highest BCUT2D eigenvalue weighted by Gasteiger charge is 2.28. The van der Waals surface area contributed by atoms with Crippen molar-refractivity contribution in [1.82, 2.24) is 4.98 Å². The lowest BCUT2D eigenvalue weighted by Gasteiger charge is -2.24. The highest BCUT2D eigenvalue weighted by atomic mass is 35.5. The smallest absolute Gasteiger partial charge is 0.243 e. The number of benzene rings is 2. The SMILES string of the molecule is Cc1c(CN(C(=O)CCl)c2ccc3cc(Cl)ccc3n2)c(F)c(F)c2c1CCC2. The molecule has 4 rings (SSSR count). The van der Waals surface area contributed by atoms with E-state index in [9.17, 15) is 13.6 Å². The second-order valence-corrected chi connectivity index (χ2v) is 7.87. The van der Waals surface area contributed by atoms with Crippen LogP contribution in [0.15, 0.2) is 30.3 Å². The molecule has 0 spiro atoms. The van der Waals surface area contributed by atoms with Crippen LogP contribution in [0.4, 0.5) is 14.6 Å². The normalized spacial score (nSPS) is 13.0. The fourth-order valence-corrected chi connectivity index (χ4v) is 4.29. The van der Waals surface area contributed by atoms with Gasteiger partial charge in [-0.25, -0.2) is 13.8 Å². The summed E-state index contributed by atoms with van der Waals surface area (Å²) in [6.07, 6.45) is 2.05. The van der Waals surface area contributed by atoms with Gasteiger partial charge in [-0.05, 0) is 73.2 Å². The van der Waals surface area contributed by atoms with Gasteiger partial charge in [-0.2, -0.15) is 0 Å². The molecule has 0 radical (unpaired) electrons. The van der Waals surface area contributed by atoms with Crippen LogP contribution in [-0.2, 0) is 24.2 Å². The van der Waals surface area contributed by atoms with Crippen LogP contribution in [0.2, 0.25) is 5.02 Å². The van der Waals surface area contributed by atoms with Crippen molar-refractivity contribution in [2.75, 3.05) is 10.8 Å². The number of fused-ring (bicyclic) bond motifs is 2. The zero-order valence-electron chi connectivity index (χ0n) is 15.7. The number of halogens is 4. The summed E-state index contributed by atoms with van der Waals surface area (Å²) in [6, 6.07) is 8.64. The number of amides is 1. The van der Waals surface area contributed by atoms with Crippen LogP contribution in [0, 0.1) is 18.6 Å². The van der Waals surface area contributed by atoms with Gasteiger partial charge in [0, 0.05) is 16.0 Å². The molecule has 7 heteroatoms. The summed E-state index contributed by atoms with van der Waals surface area (Å²) in [5.74, 6) is -2.12. The van der Waals surface area contributed by atoms with E-state index in [0.717, 1.165) is 17.4 Å². The molecule has 1 aromatic heterocycles. The molecular formula is C22H18Cl2F2N2O. The summed E-state index contributed by atoms with van der Waals surface area (Å²) in [5.41, 5.74) is 2.80. The maximum atomic E-state index is 14.9. The Bertz CT molecular complexity index is 1130. The van der Waals surface area contributed by atoms with Gasteiger partial charge in [-0.15, -0.1) is 11.6 Å². The number of rotatable bonds is 4. The van der Waals surface area contributed by atoms with Gasteiger partial charge >= 0.3 is 0 Å². The second kappa shape index (κ2) is 7.88. The Morgan fingerprint density at radius 3 is 2.66 bits per heavy atom. The maximum absolute atomic E-state index is 14.9. The summed E-state index contributed by atoms with van der Waals surface area (Å²) in [4.78, 5) is 18.4. The minimum atomic E-state index is -0.900. The molecular weight excluding hydrogens is 417 g/mol. The molecule has 1 heterocycles. The number of hydrogen-bond acceptors (Lipinski definition) is 2. The van der Waals surface area contributed by atoms with Crippen LogP contribution >= 0.6 is 23.2 Å². The molecule has 1 amide bonds. The van der Waals surface area contributed by atoms with Crippen LogP contribution in [0.5, 0.6) is 0 Å². The van der Waals surface area contributed by atoms with E-state index in [4.69, 9.17) is 23.2 Å². The van der Waals surface area contributed by atoms with Crippen LogP contribution in [0.1, 0.15) is 28.7 Å². The highest BCUT2D eigenvalue weighted by molar-refractivity contribution is 6.31. The molecule has 3 nitrogen and oxygen atoms in total. The maximum Gasteiger partial charge on any atom is 0.243 e. The number of anilines is 1. The molecule has 0 saturated carbocycles. The van der Waals surface area contributed by atoms with Crippen molar-refractivity contribution in [3.05, 3.63) is 69.2 Å². The molecule has 29 heavy (non-hydrogen) atoms. The number of aromatic nitrogens is 1. The third-order valence-corrected chi connectivity index (χ3v) is 5.95. The molecule has 0 saturated heterocycles. The average Bonchev–Trinajstić information content (AvgIpc) is 3.22. The van der Waals surface area contributed by atoms with Crippen molar-refractivity contribution in [3.63, 3.8) is 0 Å². The van der Waals surface area contributed by atoms with E-state index >= 15 is 0 Å². The van der Waals surface area contributed by atoms with Gasteiger partial charge in [0.05, 0.1) is 12.1 Å². The number of hydrogen-bond donors (Lipinski definition) is 0. The molecule has 1 aliphatic carbocycles. The molecule has 150 valence electrons. The molecule has 1 aliphatic rings. The molecule has 0 aliphatic heterocycles. The van der Waals surface area contributed by atoms with Gasteiger partial charge in [-0.1, -0.05) is 11.6 Å². The second-order valence-electron chi connectivity index (χ2n) is 7.16. The van der Waals surface area contributed by atoms with Crippen LogP contribution in [-0.4, -0.2) is 16.8 Å². The molecule has 0 unspecified atom stereocenters. The Morgan fingerprint density at radius 2 is 1.90 bits per heavy atom. The van der Waals surface area contributed by atoms with Crippen molar-refractivity contribution >= 4 is 45.8 Å². The number of carbonyl (C=O) groups is 1. The minimum absolute atomic E-state index is 0.139. The van der Waals surface area contributed by atoms with Crippen molar-refractivity contribution in [1.29, 1.82) is 0 Å². The van der Waals surface area contributed by atoms with E-state index in [2.05, 4.69) is 4.98 Å². The van der Waals surface area contributed by atoms with Crippen LogP contribution < -0.4 is 4.90 Å². The Labute approximate surface area is 177 Å². The summed E-state index contributed by atoms with van der Waals surface area (Å²) < 4.78 is 29.5. The van der Waals surface area contributed by atoms with Crippen LogP contribution in [0.3, 0.4) is 0 Å². The molecule has 0 fully saturated rings. The third-order valence-electron chi connectivity index (χ3n) is 5.49. The summed E-state index contributed by atoms with van der Waals surface area (Å²) in [7, 11) is 0. The zero-order valence-corrected chi connectivity index (χ0v) is 17.2. The van der Waals surface area contributed by atoms with E-state index in [1.165, 1.54) is 4.90 Å². The first-order chi connectivity index (χ1) is 13.9. The fraction of sp³-hybridized carbons (Fsp3) is 0.273. The zero-order chi connectivity index (χ0) is 20.7. The molecule has 0 N–H and O–H groups in total. The Kier molecular flexibility index (Phi) is 5.45. The highest BCUT2D eigenvalue weighted by Crippen LogP contribution is 2.34. The third kappa shape index (κ3) is 3.58. The van der Waals surface area contributed by atoms with Crippen molar-refractivity contribution in [2.45, 2.75) is 32.7 Å². The number of pyridine rings is 1. The van der Waals surface area contributed by atoms with Gasteiger partial charge in [0.25, 0.3) is 0 Å². The molecule has 0 bridgehead atoms. The number of carbonyl (C=O) groups excluding carboxylic acids is 1. The van der Waals surface area contributed by atoms with Crippen molar-refractivity contribution < 1.29 is 13.6 Å². The molecule has 0 atom stereocenters. The predicted molar refractivity (Wildman–Crippen MR) is 112 cm³/mol. The number of alkyl halides is 1. The van der Waals surface area contributed by atoms with E-state index in [1.807, 2.05) is 0 Å². The van der Waals surface area contributed by atoms with Crippen molar-refractivity contribution in [3.8, 4) is 0 Å². The quantitative estimate of drug-likeness (QED) is 0.490. The largest absolute Gasteiger partial charge is 0.291 e. The Morgan fingerprint density at radius 1 is 1.14 bits per heavy atom. The first kappa shape index (κ1) is 20.0. The van der Waals surface area contributed by atoms with Gasteiger partial charge < -0.3 is 0 Å². The first-order valence-electron chi connectivity index (χ1n) is 9.31. The topological polar surface area (TPSA) is 33.2 Å². The summed E-state index contributed by atoms with van der Waals surface area (Å²) >= 11 is 11.8. The van der Waals surface area contributed by atoms with E-state index < -0.39 is 17.5 Å². The Hall–Kier alpha value is -2.24. The number of nitrogens with zero attached hydrogens (tertiary/aromatic N) is 2. The minimum Gasteiger partial charge on any atom is -0.291 e. The molecule has 2 aromatic carbocycles.